The lowest BCUT2D eigenvalue weighted by Crippen LogP contribution is -2.30. The molecule has 0 aromatic heterocycles. The second-order valence-corrected chi connectivity index (χ2v) is 10.4. The van der Waals surface area contributed by atoms with Crippen molar-refractivity contribution in [3.8, 4) is 0 Å². The minimum atomic E-state index is -0.625. The minimum Gasteiger partial charge on any atom is -0.325 e. The normalized spacial score (nSPS) is 11.8. The number of benzene rings is 4. The number of hydrogen-bond donors (Lipinski definition) is 3. The summed E-state index contributed by atoms with van der Waals surface area (Å²) in [7, 11) is 0. The first-order valence-electron chi connectivity index (χ1n) is 12.6. The number of halogens is 1. The maximum absolute atomic E-state index is 14.4. The molecule has 1 atom stereocenters. The van der Waals surface area contributed by atoms with Crippen LogP contribution >= 0.6 is 11.8 Å². The lowest BCUT2D eigenvalue weighted by atomic mass is 10.1. The summed E-state index contributed by atoms with van der Waals surface area (Å²) in [6.07, 6.45) is 1.29. The highest BCUT2D eigenvalue weighted by atomic mass is 32.2. The summed E-state index contributed by atoms with van der Waals surface area (Å²) in [5, 5.41) is 7.88. The first kappa shape index (κ1) is 28.3. The van der Waals surface area contributed by atoms with E-state index in [1.54, 1.807) is 67.6 Å². The molecule has 0 radical (unpaired) electrons. The number of thioether (sulfide) groups is 1. The van der Waals surface area contributed by atoms with Crippen molar-refractivity contribution in [2.45, 2.75) is 24.0 Å². The van der Waals surface area contributed by atoms with Crippen LogP contribution in [0.25, 0.3) is 6.08 Å². The van der Waals surface area contributed by atoms with Crippen LogP contribution < -0.4 is 16.0 Å². The predicted molar refractivity (Wildman–Crippen MR) is 158 cm³/mol. The molecule has 8 heteroatoms. The SMILES string of the molecule is Cc1cccc(NC(=O)C(C)Sc2cccc(NC(=O)/C(=C/c3ccccc3F)NC(=O)c3ccccc3)c2)c1. The number of hydrogen-bond acceptors (Lipinski definition) is 4. The summed E-state index contributed by atoms with van der Waals surface area (Å²) >= 11 is 1.34. The average Bonchev–Trinajstić information content (AvgIpc) is 2.94. The van der Waals surface area contributed by atoms with Crippen LogP contribution in [-0.4, -0.2) is 23.0 Å². The molecular weight excluding hydrogens is 525 g/mol. The Bertz CT molecular complexity index is 1560. The van der Waals surface area contributed by atoms with Gasteiger partial charge < -0.3 is 16.0 Å². The summed E-state index contributed by atoms with van der Waals surface area (Å²) in [5.41, 5.74) is 2.61. The van der Waals surface area contributed by atoms with Crippen LogP contribution in [-0.2, 0) is 9.59 Å². The van der Waals surface area contributed by atoms with Crippen LogP contribution in [0.2, 0.25) is 0 Å². The Kier molecular flexibility index (Phi) is 9.48. The minimum absolute atomic E-state index is 0.122. The van der Waals surface area contributed by atoms with E-state index in [1.807, 2.05) is 37.3 Å². The maximum atomic E-state index is 14.4. The van der Waals surface area contributed by atoms with Crippen LogP contribution in [0, 0.1) is 12.7 Å². The summed E-state index contributed by atoms with van der Waals surface area (Å²) in [6, 6.07) is 29.0. The highest BCUT2D eigenvalue weighted by Gasteiger charge is 2.18. The molecule has 0 fully saturated rings. The highest BCUT2D eigenvalue weighted by Crippen LogP contribution is 2.27. The molecule has 4 rings (SSSR count). The fraction of sp³-hybridized carbons (Fsp3) is 0.0938. The molecule has 3 amide bonds. The van der Waals surface area contributed by atoms with Gasteiger partial charge in [-0.05, 0) is 74.0 Å². The first-order valence-corrected chi connectivity index (χ1v) is 13.4. The third-order valence-corrected chi connectivity index (χ3v) is 6.89. The quantitative estimate of drug-likeness (QED) is 0.160. The average molecular weight is 554 g/mol. The third-order valence-electron chi connectivity index (χ3n) is 5.79. The fourth-order valence-electron chi connectivity index (χ4n) is 3.76. The number of carbonyl (C=O) groups excluding carboxylic acids is 3. The molecule has 0 aliphatic rings. The van der Waals surface area contributed by atoms with Gasteiger partial charge >= 0.3 is 0 Å². The topological polar surface area (TPSA) is 87.3 Å². The van der Waals surface area contributed by atoms with E-state index in [4.69, 9.17) is 0 Å². The van der Waals surface area contributed by atoms with Crippen molar-refractivity contribution < 1.29 is 18.8 Å². The Morgan fingerprint density at radius 1 is 0.800 bits per heavy atom. The van der Waals surface area contributed by atoms with Gasteiger partial charge in [-0.15, -0.1) is 11.8 Å². The van der Waals surface area contributed by atoms with Crippen molar-refractivity contribution in [3.05, 3.63) is 131 Å². The molecule has 40 heavy (non-hydrogen) atoms. The van der Waals surface area contributed by atoms with Gasteiger partial charge in [0.2, 0.25) is 5.91 Å². The van der Waals surface area contributed by atoms with Crippen LogP contribution in [0.15, 0.2) is 114 Å². The number of carbonyl (C=O) groups is 3. The number of anilines is 2. The van der Waals surface area contributed by atoms with Crippen molar-refractivity contribution in [1.82, 2.24) is 5.32 Å². The Labute approximate surface area is 236 Å². The van der Waals surface area contributed by atoms with Gasteiger partial charge in [0, 0.05) is 27.4 Å². The van der Waals surface area contributed by atoms with E-state index in [1.165, 1.54) is 30.0 Å². The largest absolute Gasteiger partial charge is 0.325 e. The molecule has 6 nitrogen and oxygen atoms in total. The fourth-order valence-corrected chi connectivity index (χ4v) is 4.69. The van der Waals surface area contributed by atoms with Crippen LogP contribution in [0.5, 0.6) is 0 Å². The van der Waals surface area contributed by atoms with Gasteiger partial charge in [-0.25, -0.2) is 4.39 Å². The Balaban J connectivity index is 1.48. The monoisotopic (exact) mass is 553 g/mol. The molecule has 0 aliphatic heterocycles. The molecule has 0 heterocycles. The highest BCUT2D eigenvalue weighted by molar-refractivity contribution is 8.00. The van der Waals surface area contributed by atoms with Crippen LogP contribution in [0.4, 0.5) is 15.8 Å². The zero-order valence-electron chi connectivity index (χ0n) is 22.0. The first-order chi connectivity index (χ1) is 19.3. The summed E-state index contributed by atoms with van der Waals surface area (Å²) in [6.45, 7) is 3.76. The zero-order valence-corrected chi connectivity index (χ0v) is 22.8. The van der Waals surface area contributed by atoms with Crippen LogP contribution in [0.1, 0.15) is 28.4 Å². The third kappa shape index (κ3) is 7.91. The van der Waals surface area contributed by atoms with E-state index in [9.17, 15) is 18.8 Å². The van der Waals surface area contributed by atoms with Gasteiger partial charge in [-0.2, -0.15) is 0 Å². The zero-order chi connectivity index (χ0) is 28.5. The molecule has 4 aromatic rings. The molecule has 0 aliphatic carbocycles. The second kappa shape index (κ2) is 13.4. The number of rotatable bonds is 9. The molecule has 0 spiro atoms. The van der Waals surface area contributed by atoms with Gasteiger partial charge in [0.1, 0.15) is 11.5 Å². The lowest BCUT2D eigenvalue weighted by Gasteiger charge is -2.14. The van der Waals surface area contributed by atoms with E-state index >= 15 is 0 Å². The Morgan fingerprint density at radius 3 is 2.20 bits per heavy atom. The molecule has 0 saturated carbocycles. The van der Waals surface area contributed by atoms with E-state index in [-0.39, 0.29) is 17.2 Å². The van der Waals surface area contributed by atoms with E-state index < -0.39 is 22.9 Å². The summed E-state index contributed by atoms with van der Waals surface area (Å²) in [5.74, 6) is -1.81. The summed E-state index contributed by atoms with van der Waals surface area (Å²) < 4.78 is 14.4. The van der Waals surface area contributed by atoms with Gasteiger partial charge in [-0.3, -0.25) is 14.4 Å². The van der Waals surface area contributed by atoms with Crippen LogP contribution in [0.3, 0.4) is 0 Å². The Hall–Kier alpha value is -4.69. The van der Waals surface area contributed by atoms with Gasteiger partial charge in [0.25, 0.3) is 11.8 Å². The molecular formula is C32H28FN3O3S. The van der Waals surface area contributed by atoms with Crippen molar-refractivity contribution >= 4 is 46.9 Å². The Morgan fingerprint density at radius 2 is 1.48 bits per heavy atom. The molecule has 202 valence electrons. The van der Waals surface area contributed by atoms with Gasteiger partial charge in [-0.1, -0.05) is 54.6 Å². The molecule has 4 aromatic carbocycles. The van der Waals surface area contributed by atoms with Gasteiger partial charge in [0.05, 0.1) is 5.25 Å². The lowest BCUT2D eigenvalue weighted by molar-refractivity contribution is -0.115. The number of amides is 3. The molecule has 3 N–H and O–H groups in total. The van der Waals surface area contributed by atoms with E-state index in [2.05, 4.69) is 16.0 Å². The summed E-state index contributed by atoms with van der Waals surface area (Å²) in [4.78, 5) is 39.6. The predicted octanol–water partition coefficient (Wildman–Crippen LogP) is 6.66. The maximum Gasteiger partial charge on any atom is 0.272 e. The van der Waals surface area contributed by atoms with Crippen molar-refractivity contribution in [2.75, 3.05) is 10.6 Å². The number of nitrogens with one attached hydrogen (secondary N) is 3. The van der Waals surface area contributed by atoms with Gasteiger partial charge in [0.15, 0.2) is 0 Å². The van der Waals surface area contributed by atoms with Crippen molar-refractivity contribution in [1.29, 1.82) is 0 Å². The van der Waals surface area contributed by atoms with Crippen molar-refractivity contribution in [3.63, 3.8) is 0 Å². The van der Waals surface area contributed by atoms with Crippen molar-refractivity contribution in [2.24, 2.45) is 0 Å². The van der Waals surface area contributed by atoms with E-state index in [0.29, 0.717) is 11.3 Å². The standard InChI is InChI=1S/C32H28FN3O3S/c1-21-10-8-14-25(18-21)34-30(37)22(2)40-27-16-9-15-26(20-27)35-32(39)29(19-24-13-6-7-17-28(24)33)36-31(38)23-11-4-3-5-12-23/h3-20,22H,1-2H3,(H,34,37)(H,35,39)(H,36,38)/b29-19-. The second-order valence-electron chi connectivity index (χ2n) is 9.00. The molecule has 0 bridgehead atoms. The number of aryl methyl sites for hydroxylation is 1. The molecule has 0 saturated heterocycles. The molecule has 1 unspecified atom stereocenters. The smallest absolute Gasteiger partial charge is 0.272 e. The van der Waals surface area contributed by atoms with E-state index in [0.717, 1.165) is 16.1 Å².